The van der Waals surface area contributed by atoms with Crippen LogP contribution in [0.4, 0.5) is 0 Å². The number of likely N-dealkylation sites (tertiary alicyclic amines) is 1. The molecule has 84 valence electrons. The molecule has 1 aliphatic heterocycles. The second-order valence-corrected chi connectivity index (χ2v) is 5.24. The predicted octanol–water partition coefficient (Wildman–Crippen LogP) is 1.26. The van der Waals surface area contributed by atoms with Crippen LogP contribution >= 0.6 is 0 Å². The van der Waals surface area contributed by atoms with Crippen LogP contribution in [0.5, 0.6) is 0 Å². The van der Waals surface area contributed by atoms with Gasteiger partial charge < -0.3 is 14.7 Å². The van der Waals surface area contributed by atoms with E-state index in [0.29, 0.717) is 0 Å². The molecule has 1 rings (SSSR count). The van der Waals surface area contributed by atoms with E-state index in [1.165, 1.54) is 0 Å². The quantitative estimate of drug-likeness (QED) is 0.746. The Morgan fingerprint density at radius 3 is 2.29 bits per heavy atom. The lowest BCUT2D eigenvalue weighted by molar-refractivity contribution is -0.0456. The number of hydrogen-bond acceptors (Lipinski definition) is 3. The molecular formula is C11H23NO2. The van der Waals surface area contributed by atoms with Crippen molar-refractivity contribution in [2.45, 2.75) is 44.8 Å². The lowest BCUT2D eigenvalue weighted by Gasteiger charge is -2.39. The van der Waals surface area contributed by atoms with Gasteiger partial charge in [-0.3, -0.25) is 0 Å². The minimum absolute atomic E-state index is 0.0802. The van der Waals surface area contributed by atoms with Crippen LogP contribution in [0.3, 0.4) is 0 Å². The number of hydrogen-bond donors (Lipinski definition) is 1. The highest BCUT2D eigenvalue weighted by Crippen LogP contribution is 2.22. The molecule has 0 aromatic rings. The van der Waals surface area contributed by atoms with Gasteiger partial charge in [0.25, 0.3) is 0 Å². The summed E-state index contributed by atoms with van der Waals surface area (Å²) in [7, 11) is 1.75. The van der Waals surface area contributed by atoms with Gasteiger partial charge >= 0.3 is 0 Å². The van der Waals surface area contributed by atoms with Crippen molar-refractivity contribution in [1.29, 1.82) is 0 Å². The Bertz CT molecular complexity index is 180. The molecule has 0 saturated carbocycles. The fourth-order valence-corrected chi connectivity index (χ4v) is 1.80. The van der Waals surface area contributed by atoms with Gasteiger partial charge in [-0.25, -0.2) is 0 Å². The maximum absolute atomic E-state index is 9.79. The van der Waals surface area contributed by atoms with Gasteiger partial charge in [0.1, 0.15) is 0 Å². The summed E-state index contributed by atoms with van der Waals surface area (Å²) in [6.45, 7) is 9.00. The fraction of sp³-hybridized carbons (Fsp3) is 1.00. The Morgan fingerprint density at radius 2 is 1.86 bits per heavy atom. The van der Waals surface area contributed by atoms with E-state index in [2.05, 4.69) is 18.7 Å². The zero-order valence-electron chi connectivity index (χ0n) is 9.84. The van der Waals surface area contributed by atoms with Crippen LogP contribution in [0.2, 0.25) is 0 Å². The molecule has 1 N–H and O–H groups in total. The largest absolute Gasteiger partial charge is 0.390 e. The van der Waals surface area contributed by atoms with Crippen LogP contribution in [0.25, 0.3) is 0 Å². The Hall–Kier alpha value is -0.120. The monoisotopic (exact) mass is 201 g/mol. The zero-order valence-corrected chi connectivity index (χ0v) is 9.84. The van der Waals surface area contributed by atoms with Crippen molar-refractivity contribution >= 4 is 0 Å². The maximum atomic E-state index is 9.79. The molecule has 14 heavy (non-hydrogen) atoms. The van der Waals surface area contributed by atoms with Gasteiger partial charge in [0.05, 0.1) is 11.2 Å². The summed E-state index contributed by atoms with van der Waals surface area (Å²) in [5.74, 6) is 0. The van der Waals surface area contributed by atoms with E-state index in [0.717, 1.165) is 32.5 Å². The molecule has 1 aliphatic rings. The van der Waals surface area contributed by atoms with Crippen LogP contribution in [0, 0.1) is 0 Å². The Kier molecular flexibility index (Phi) is 3.56. The summed E-state index contributed by atoms with van der Waals surface area (Å²) in [6, 6.07) is 0. The first-order valence-electron chi connectivity index (χ1n) is 5.35. The summed E-state index contributed by atoms with van der Waals surface area (Å²) < 4.78 is 5.39. The molecule has 0 radical (unpaired) electrons. The molecule has 1 saturated heterocycles. The number of rotatable bonds is 3. The molecule has 0 spiro atoms. The summed E-state index contributed by atoms with van der Waals surface area (Å²) in [5, 5.41) is 9.79. The molecular weight excluding hydrogens is 178 g/mol. The Labute approximate surface area is 87.1 Å². The van der Waals surface area contributed by atoms with Crippen LogP contribution in [-0.2, 0) is 4.74 Å². The summed E-state index contributed by atoms with van der Waals surface area (Å²) in [4.78, 5) is 2.36. The zero-order chi connectivity index (χ0) is 10.8. The molecule has 1 heterocycles. The average Bonchev–Trinajstić information content (AvgIpc) is 2.09. The van der Waals surface area contributed by atoms with Crippen molar-refractivity contribution in [3.05, 3.63) is 0 Å². The summed E-state index contributed by atoms with van der Waals surface area (Å²) in [5.41, 5.74) is -0.531. The van der Waals surface area contributed by atoms with E-state index >= 15 is 0 Å². The van der Waals surface area contributed by atoms with Gasteiger partial charge in [0.2, 0.25) is 0 Å². The van der Waals surface area contributed by atoms with Crippen molar-refractivity contribution in [3.63, 3.8) is 0 Å². The maximum Gasteiger partial charge on any atom is 0.0749 e. The second-order valence-electron chi connectivity index (χ2n) is 5.24. The van der Waals surface area contributed by atoms with Crippen molar-refractivity contribution in [2.75, 3.05) is 26.7 Å². The van der Waals surface area contributed by atoms with Crippen molar-refractivity contribution < 1.29 is 9.84 Å². The van der Waals surface area contributed by atoms with Gasteiger partial charge in [-0.2, -0.15) is 0 Å². The molecule has 3 heteroatoms. The number of aliphatic hydroxyl groups is 1. The number of ether oxygens (including phenoxy) is 1. The normalized spacial score (nSPS) is 23.8. The molecule has 0 aliphatic carbocycles. The third-order valence-corrected chi connectivity index (χ3v) is 3.09. The van der Waals surface area contributed by atoms with E-state index < -0.39 is 5.60 Å². The molecule has 0 aromatic carbocycles. The summed E-state index contributed by atoms with van der Waals surface area (Å²) in [6.07, 6.45) is 1.74. The minimum Gasteiger partial charge on any atom is -0.390 e. The predicted molar refractivity (Wildman–Crippen MR) is 57.4 cm³/mol. The van der Waals surface area contributed by atoms with Gasteiger partial charge in [-0.15, -0.1) is 0 Å². The number of methoxy groups -OCH3 is 1. The third-order valence-electron chi connectivity index (χ3n) is 3.09. The molecule has 1 fully saturated rings. The van der Waals surface area contributed by atoms with Gasteiger partial charge in [0.15, 0.2) is 0 Å². The third kappa shape index (κ3) is 3.56. The van der Waals surface area contributed by atoms with Crippen LogP contribution < -0.4 is 0 Å². The van der Waals surface area contributed by atoms with Crippen LogP contribution in [0.15, 0.2) is 0 Å². The molecule has 0 atom stereocenters. The van der Waals surface area contributed by atoms with Crippen LogP contribution in [-0.4, -0.2) is 48.0 Å². The van der Waals surface area contributed by atoms with Crippen molar-refractivity contribution in [2.24, 2.45) is 0 Å². The topological polar surface area (TPSA) is 32.7 Å². The highest BCUT2D eigenvalue weighted by molar-refractivity contribution is 4.84. The van der Waals surface area contributed by atoms with Crippen molar-refractivity contribution in [1.82, 2.24) is 4.90 Å². The van der Waals surface area contributed by atoms with Gasteiger partial charge in [-0.1, -0.05) is 0 Å². The number of nitrogens with zero attached hydrogens (tertiary/aromatic N) is 1. The lowest BCUT2D eigenvalue weighted by Crippen LogP contribution is -2.48. The van der Waals surface area contributed by atoms with Gasteiger partial charge in [-0.05, 0) is 33.6 Å². The first kappa shape index (κ1) is 12.0. The highest BCUT2D eigenvalue weighted by atomic mass is 16.5. The number of piperidine rings is 1. The molecule has 0 unspecified atom stereocenters. The van der Waals surface area contributed by atoms with Gasteiger partial charge in [0, 0.05) is 26.7 Å². The highest BCUT2D eigenvalue weighted by Gasteiger charge is 2.30. The fourth-order valence-electron chi connectivity index (χ4n) is 1.80. The second kappa shape index (κ2) is 4.17. The van der Waals surface area contributed by atoms with Crippen LogP contribution in [0.1, 0.15) is 33.6 Å². The van der Waals surface area contributed by atoms with E-state index in [9.17, 15) is 5.11 Å². The average molecular weight is 201 g/mol. The molecule has 0 bridgehead atoms. The standard InChI is InChI=1S/C11H23NO2/c1-10(2,14-4)9-12-7-5-11(3,13)6-8-12/h13H,5-9H2,1-4H3. The first-order chi connectivity index (χ1) is 6.35. The van der Waals surface area contributed by atoms with Crippen molar-refractivity contribution in [3.8, 4) is 0 Å². The smallest absolute Gasteiger partial charge is 0.0749 e. The lowest BCUT2D eigenvalue weighted by atomic mass is 9.93. The molecule has 0 amide bonds. The SMILES string of the molecule is COC(C)(C)CN1CCC(C)(O)CC1. The molecule has 3 nitrogen and oxygen atoms in total. The van der Waals surface area contributed by atoms with E-state index in [4.69, 9.17) is 4.74 Å². The first-order valence-corrected chi connectivity index (χ1v) is 5.35. The minimum atomic E-state index is -0.451. The Morgan fingerprint density at radius 1 is 1.36 bits per heavy atom. The summed E-state index contributed by atoms with van der Waals surface area (Å²) >= 11 is 0. The van der Waals surface area contributed by atoms with E-state index in [-0.39, 0.29) is 5.60 Å². The van der Waals surface area contributed by atoms with E-state index in [1.807, 2.05) is 6.92 Å². The Balaban J connectivity index is 2.36. The molecule has 0 aromatic heterocycles. The van der Waals surface area contributed by atoms with E-state index in [1.54, 1.807) is 7.11 Å².